The molecule has 5 nitrogen and oxygen atoms in total. The van der Waals surface area contributed by atoms with Crippen molar-refractivity contribution in [3.63, 3.8) is 0 Å². The van der Waals surface area contributed by atoms with E-state index in [2.05, 4.69) is 4.90 Å². The van der Waals surface area contributed by atoms with Crippen LogP contribution >= 0.6 is 0 Å². The van der Waals surface area contributed by atoms with E-state index in [0.29, 0.717) is 19.0 Å². The highest BCUT2D eigenvalue weighted by atomic mass is 16.5. The molecule has 0 bridgehead atoms. The first-order valence-electron chi connectivity index (χ1n) is 7.65. The number of nitrogens with two attached hydrogens (primary N) is 1. The van der Waals surface area contributed by atoms with Gasteiger partial charge < -0.3 is 25.6 Å². The third-order valence-corrected chi connectivity index (χ3v) is 4.00. The standard InChI is InChI=1S/C16H26N2O3/c17-9-14-3-1-2-4-16(14)21-12-15(20)11-18-7-5-13(10-18)6-8-19/h1-4,13,15,19-20H,5-12,17H2. The van der Waals surface area contributed by atoms with Crippen LogP contribution < -0.4 is 10.5 Å². The Morgan fingerprint density at radius 3 is 2.95 bits per heavy atom. The summed E-state index contributed by atoms with van der Waals surface area (Å²) in [6, 6.07) is 7.64. The maximum Gasteiger partial charge on any atom is 0.123 e. The third kappa shape index (κ3) is 4.97. The van der Waals surface area contributed by atoms with Crippen molar-refractivity contribution < 1.29 is 14.9 Å². The minimum atomic E-state index is -0.510. The van der Waals surface area contributed by atoms with E-state index in [4.69, 9.17) is 15.6 Å². The Hall–Kier alpha value is -1.14. The second kappa shape index (κ2) is 8.34. The van der Waals surface area contributed by atoms with Crippen molar-refractivity contribution >= 4 is 0 Å². The second-order valence-electron chi connectivity index (χ2n) is 5.70. The molecule has 0 spiro atoms. The molecule has 1 aromatic carbocycles. The van der Waals surface area contributed by atoms with Gasteiger partial charge in [-0.1, -0.05) is 18.2 Å². The zero-order valence-corrected chi connectivity index (χ0v) is 12.4. The Labute approximate surface area is 126 Å². The molecular formula is C16H26N2O3. The quantitative estimate of drug-likeness (QED) is 0.654. The lowest BCUT2D eigenvalue weighted by Crippen LogP contribution is -2.34. The van der Waals surface area contributed by atoms with Crippen LogP contribution in [0.2, 0.25) is 0 Å². The van der Waals surface area contributed by atoms with E-state index < -0.39 is 6.10 Å². The van der Waals surface area contributed by atoms with Crippen molar-refractivity contribution in [2.75, 3.05) is 32.8 Å². The largest absolute Gasteiger partial charge is 0.491 e. The maximum atomic E-state index is 10.1. The molecule has 1 saturated heterocycles. The Bertz CT molecular complexity index is 428. The molecule has 21 heavy (non-hydrogen) atoms. The van der Waals surface area contributed by atoms with Gasteiger partial charge in [0.25, 0.3) is 0 Å². The van der Waals surface area contributed by atoms with Gasteiger partial charge in [-0.25, -0.2) is 0 Å². The average molecular weight is 294 g/mol. The van der Waals surface area contributed by atoms with Crippen LogP contribution in [-0.2, 0) is 6.54 Å². The zero-order valence-electron chi connectivity index (χ0n) is 12.4. The van der Waals surface area contributed by atoms with Crippen LogP contribution in [-0.4, -0.2) is 54.1 Å². The zero-order chi connectivity index (χ0) is 15.1. The molecule has 1 fully saturated rings. The van der Waals surface area contributed by atoms with E-state index in [1.54, 1.807) is 0 Å². The van der Waals surface area contributed by atoms with Crippen LogP contribution in [0.15, 0.2) is 24.3 Å². The molecule has 1 aliphatic heterocycles. The summed E-state index contributed by atoms with van der Waals surface area (Å²) in [4.78, 5) is 2.24. The van der Waals surface area contributed by atoms with Crippen LogP contribution in [0.25, 0.3) is 0 Å². The second-order valence-corrected chi connectivity index (χ2v) is 5.70. The lowest BCUT2D eigenvalue weighted by Gasteiger charge is -2.21. The smallest absolute Gasteiger partial charge is 0.123 e. The molecule has 118 valence electrons. The van der Waals surface area contributed by atoms with E-state index in [0.717, 1.165) is 37.2 Å². The van der Waals surface area contributed by atoms with Crippen LogP contribution in [0, 0.1) is 5.92 Å². The summed E-state index contributed by atoms with van der Waals surface area (Å²) in [5.41, 5.74) is 6.61. The lowest BCUT2D eigenvalue weighted by atomic mass is 10.1. The van der Waals surface area contributed by atoms with Crippen LogP contribution in [0.5, 0.6) is 5.75 Å². The maximum absolute atomic E-state index is 10.1. The predicted octanol–water partition coefficient (Wildman–Crippen LogP) is 0.589. The monoisotopic (exact) mass is 294 g/mol. The number of para-hydroxylation sites is 1. The number of aliphatic hydroxyl groups excluding tert-OH is 2. The fourth-order valence-electron chi connectivity index (χ4n) is 2.85. The number of hydrogen-bond donors (Lipinski definition) is 3. The summed E-state index contributed by atoms with van der Waals surface area (Å²) in [6.45, 7) is 3.52. The van der Waals surface area contributed by atoms with Crippen molar-refractivity contribution in [3.8, 4) is 5.75 Å². The van der Waals surface area contributed by atoms with E-state index in [1.165, 1.54) is 0 Å². The van der Waals surface area contributed by atoms with Crippen molar-refractivity contribution in [1.29, 1.82) is 0 Å². The molecule has 0 radical (unpaired) electrons. The number of nitrogens with zero attached hydrogens (tertiary/aromatic N) is 1. The summed E-state index contributed by atoms with van der Waals surface area (Å²) in [5.74, 6) is 1.31. The highest BCUT2D eigenvalue weighted by Crippen LogP contribution is 2.20. The van der Waals surface area contributed by atoms with E-state index >= 15 is 0 Å². The lowest BCUT2D eigenvalue weighted by molar-refractivity contribution is 0.0739. The first-order chi connectivity index (χ1) is 10.2. The first-order valence-corrected chi connectivity index (χ1v) is 7.65. The molecule has 1 aliphatic rings. The van der Waals surface area contributed by atoms with E-state index in [9.17, 15) is 5.11 Å². The molecule has 0 aliphatic carbocycles. The van der Waals surface area contributed by atoms with Gasteiger partial charge in [0.1, 0.15) is 18.5 Å². The average Bonchev–Trinajstić information content (AvgIpc) is 2.93. The molecule has 2 unspecified atom stereocenters. The first kappa shape index (κ1) is 16.2. The SMILES string of the molecule is NCc1ccccc1OCC(O)CN1CCC(CCO)C1. The fraction of sp³-hybridized carbons (Fsp3) is 0.625. The van der Waals surface area contributed by atoms with Crippen molar-refractivity contribution in [1.82, 2.24) is 4.90 Å². The van der Waals surface area contributed by atoms with Crippen molar-refractivity contribution in [3.05, 3.63) is 29.8 Å². The minimum Gasteiger partial charge on any atom is -0.491 e. The molecular weight excluding hydrogens is 268 g/mol. The number of β-amino-alcohol motifs (C(OH)–C–C–N with tert-alkyl or cyclic N) is 1. The molecule has 0 amide bonds. The summed E-state index contributed by atoms with van der Waals surface area (Å²) >= 11 is 0. The number of rotatable bonds is 8. The van der Waals surface area contributed by atoms with Gasteiger partial charge in [0.15, 0.2) is 0 Å². The van der Waals surface area contributed by atoms with Gasteiger partial charge in [0.05, 0.1) is 0 Å². The Morgan fingerprint density at radius 1 is 1.38 bits per heavy atom. The molecule has 2 atom stereocenters. The highest BCUT2D eigenvalue weighted by Gasteiger charge is 2.23. The number of ether oxygens (including phenoxy) is 1. The van der Waals surface area contributed by atoms with Crippen LogP contribution in [0.3, 0.4) is 0 Å². The molecule has 0 aromatic heterocycles. The normalized spacial score (nSPS) is 20.6. The Kier molecular flexibility index (Phi) is 6.45. The summed E-state index contributed by atoms with van der Waals surface area (Å²) < 4.78 is 5.68. The molecule has 1 aromatic rings. The summed E-state index contributed by atoms with van der Waals surface area (Å²) in [5, 5.41) is 19.1. The fourth-order valence-corrected chi connectivity index (χ4v) is 2.85. The van der Waals surface area contributed by atoms with Crippen molar-refractivity contribution in [2.45, 2.75) is 25.5 Å². The number of likely N-dealkylation sites (tertiary alicyclic amines) is 1. The van der Waals surface area contributed by atoms with Gasteiger partial charge in [-0.15, -0.1) is 0 Å². The highest BCUT2D eigenvalue weighted by molar-refractivity contribution is 5.32. The molecule has 4 N–H and O–H groups in total. The van der Waals surface area contributed by atoms with Crippen molar-refractivity contribution in [2.24, 2.45) is 11.7 Å². The van der Waals surface area contributed by atoms with E-state index in [-0.39, 0.29) is 13.2 Å². The third-order valence-electron chi connectivity index (χ3n) is 4.00. The molecule has 1 heterocycles. The molecule has 2 rings (SSSR count). The van der Waals surface area contributed by atoms with Gasteiger partial charge in [-0.2, -0.15) is 0 Å². The summed E-state index contributed by atoms with van der Waals surface area (Å²) in [6.07, 6.45) is 1.45. The summed E-state index contributed by atoms with van der Waals surface area (Å²) in [7, 11) is 0. The van der Waals surface area contributed by atoms with E-state index in [1.807, 2.05) is 24.3 Å². The van der Waals surface area contributed by atoms with Gasteiger partial charge in [0, 0.05) is 31.8 Å². The van der Waals surface area contributed by atoms with Crippen LogP contribution in [0.4, 0.5) is 0 Å². The van der Waals surface area contributed by atoms with Gasteiger partial charge >= 0.3 is 0 Å². The van der Waals surface area contributed by atoms with Crippen LogP contribution in [0.1, 0.15) is 18.4 Å². The predicted molar refractivity (Wildman–Crippen MR) is 82.1 cm³/mol. The number of aliphatic hydroxyl groups is 2. The van der Waals surface area contributed by atoms with Gasteiger partial charge in [0.2, 0.25) is 0 Å². The number of hydrogen-bond acceptors (Lipinski definition) is 5. The minimum absolute atomic E-state index is 0.250. The van der Waals surface area contributed by atoms with Gasteiger partial charge in [-0.05, 0) is 31.4 Å². The molecule has 5 heteroatoms. The topological polar surface area (TPSA) is 79.0 Å². The number of benzene rings is 1. The Morgan fingerprint density at radius 2 is 2.19 bits per heavy atom. The molecule has 0 saturated carbocycles. The van der Waals surface area contributed by atoms with Gasteiger partial charge in [-0.3, -0.25) is 0 Å². The Balaban J connectivity index is 1.74.